The highest BCUT2D eigenvalue weighted by Crippen LogP contribution is 2.16. The standard InChI is InChI=1S/C16H22N2O4/c1-17-7-8-18(16(22)14(19)10-15(20)21)13(11-17)9-12-5-3-2-4-6-12/h2-6,13-14,19H,7-11H2,1H3,(H,20,21)/t13?,14-/m1/s1. The van der Waals surface area contributed by atoms with E-state index >= 15 is 0 Å². The van der Waals surface area contributed by atoms with Crippen LogP contribution in [0.25, 0.3) is 0 Å². The first-order valence-electron chi connectivity index (χ1n) is 7.40. The van der Waals surface area contributed by atoms with E-state index in [4.69, 9.17) is 5.11 Å². The lowest BCUT2D eigenvalue weighted by Crippen LogP contribution is -2.57. The van der Waals surface area contributed by atoms with E-state index in [9.17, 15) is 14.7 Å². The molecular weight excluding hydrogens is 284 g/mol. The number of likely N-dealkylation sites (N-methyl/N-ethyl adjacent to an activating group) is 1. The van der Waals surface area contributed by atoms with Crippen molar-refractivity contribution in [2.45, 2.75) is 25.0 Å². The first-order valence-corrected chi connectivity index (χ1v) is 7.40. The summed E-state index contributed by atoms with van der Waals surface area (Å²) < 4.78 is 0. The van der Waals surface area contributed by atoms with Gasteiger partial charge in [-0.05, 0) is 19.0 Å². The molecule has 120 valence electrons. The van der Waals surface area contributed by atoms with Crippen LogP contribution in [0.15, 0.2) is 30.3 Å². The van der Waals surface area contributed by atoms with Crippen LogP contribution in [0, 0.1) is 0 Å². The van der Waals surface area contributed by atoms with Crippen LogP contribution in [-0.2, 0) is 16.0 Å². The van der Waals surface area contributed by atoms with Gasteiger partial charge in [-0.15, -0.1) is 0 Å². The lowest BCUT2D eigenvalue weighted by molar-refractivity contribution is -0.151. The predicted molar refractivity (Wildman–Crippen MR) is 81.4 cm³/mol. The summed E-state index contributed by atoms with van der Waals surface area (Å²) in [6.07, 6.45) is -1.33. The van der Waals surface area contributed by atoms with E-state index < -0.39 is 24.4 Å². The molecule has 0 aliphatic carbocycles. The molecule has 0 aromatic heterocycles. The average Bonchev–Trinajstić information content (AvgIpc) is 2.47. The zero-order valence-electron chi connectivity index (χ0n) is 12.7. The summed E-state index contributed by atoms with van der Waals surface area (Å²) in [4.78, 5) is 26.8. The number of hydrogen-bond donors (Lipinski definition) is 2. The highest BCUT2D eigenvalue weighted by atomic mass is 16.4. The van der Waals surface area contributed by atoms with Crippen LogP contribution in [0.1, 0.15) is 12.0 Å². The van der Waals surface area contributed by atoms with Crippen molar-refractivity contribution >= 4 is 11.9 Å². The summed E-state index contributed by atoms with van der Waals surface area (Å²) in [5.41, 5.74) is 1.12. The second kappa shape index (κ2) is 7.38. The van der Waals surface area contributed by atoms with Crippen molar-refractivity contribution in [2.24, 2.45) is 0 Å². The molecule has 1 fully saturated rings. The second-order valence-corrected chi connectivity index (χ2v) is 5.75. The fourth-order valence-corrected chi connectivity index (χ4v) is 2.81. The molecule has 1 amide bonds. The van der Waals surface area contributed by atoms with E-state index in [2.05, 4.69) is 4.90 Å². The van der Waals surface area contributed by atoms with Gasteiger partial charge in [-0.3, -0.25) is 9.59 Å². The maximum Gasteiger partial charge on any atom is 0.306 e. The van der Waals surface area contributed by atoms with Crippen molar-refractivity contribution in [3.05, 3.63) is 35.9 Å². The van der Waals surface area contributed by atoms with Crippen molar-refractivity contribution < 1.29 is 19.8 Å². The van der Waals surface area contributed by atoms with Crippen molar-refractivity contribution in [2.75, 3.05) is 26.7 Å². The van der Waals surface area contributed by atoms with E-state index in [1.807, 2.05) is 37.4 Å². The summed E-state index contributed by atoms with van der Waals surface area (Å²) in [7, 11) is 1.99. The van der Waals surface area contributed by atoms with Gasteiger partial charge in [-0.2, -0.15) is 0 Å². The number of hydrogen-bond acceptors (Lipinski definition) is 4. The van der Waals surface area contributed by atoms with E-state index in [-0.39, 0.29) is 6.04 Å². The minimum atomic E-state index is -1.47. The first-order chi connectivity index (χ1) is 10.5. The summed E-state index contributed by atoms with van der Waals surface area (Å²) in [6.45, 7) is 1.93. The summed E-state index contributed by atoms with van der Waals surface area (Å²) >= 11 is 0. The average molecular weight is 306 g/mol. The maximum absolute atomic E-state index is 12.3. The third kappa shape index (κ3) is 4.29. The van der Waals surface area contributed by atoms with Gasteiger partial charge in [0.15, 0.2) is 0 Å². The Balaban J connectivity index is 2.09. The van der Waals surface area contributed by atoms with Crippen molar-refractivity contribution in [3.8, 4) is 0 Å². The van der Waals surface area contributed by atoms with Crippen LogP contribution in [-0.4, -0.2) is 70.7 Å². The van der Waals surface area contributed by atoms with Crippen molar-refractivity contribution in [1.82, 2.24) is 9.80 Å². The Labute approximate surface area is 130 Å². The molecule has 2 atom stereocenters. The third-order valence-electron chi connectivity index (χ3n) is 3.94. The van der Waals surface area contributed by atoms with Gasteiger partial charge in [-0.25, -0.2) is 0 Å². The number of aliphatic hydroxyl groups is 1. The Bertz CT molecular complexity index is 520. The largest absolute Gasteiger partial charge is 0.481 e. The van der Waals surface area contributed by atoms with Gasteiger partial charge in [0.1, 0.15) is 6.10 Å². The molecule has 0 spiro atoms. The number of carboxylic acids is 1. The monoisotopic (exact) mass is 306 g/mol. The van der Waals surface area contributed by atoms with Crippen LogP contribution in [0.4, 0.5) is 0 Å². The van der Waals surface area contributed by atoms with Crippen LogP contribution < -0.4 is 0 Å². The van der Waals surface area contributed by atoms with Crippen LogP contribution in [0.5, 0.6) is 0 Å². The lowest BCUT2D eigenvalue weighted by Gasteiger charge is -2.41. The Morgan fingerprint density at radius 1 is 1.27 bits per heavy atom. The first kappa shape index (κ1) is 16.5. The van der Waals surface area contributed by atoms with E-state index in [1.54, 1.807) is 4.90 Å². The number of amides is 1. The molecule has 0 radical (unpaired) electrons. The molecule has 2 N–H and O–H groups in total. The number of aliphatic carboxylic acids is 1. The molecule has 1 aromatic carbocycles. The van der Waals surface area contributed by atoms with E-state index in [1.165, 1.54) is 0 Å². The Morgan fingerprint density at radius 2 is 1.95 bits per heavy atom. The molecule has 1 unspecified atom stereocenters. The summed E-state index contributed by atoms with van der Waals surface area (Å²) in [5, 5.41) is 18.5. The van der Waals surface area contributed by atoms with E-state index in [0.29, 0.717) is 19.5 Å². The number of benzene rings is 1. The molecule has 1 heterocycles. The molecule has 1 aliphatic rings. The lowest BCUT2D eigenvalue weighted by atomic mass is 10.0. The van der Waals surface area contributed by atoms with Crippen molar-refractivity contribution in [3.63, 3.8) is 0 Å². The third-order valence-corrected chi connectivity index (χ3v) is 3.94. The normalized spacial score (nSPS) is 20.6. The maximum atomic E-state index is 12.3. The van der Waals surface area contributed by atoms with E-state index in [0.717, 1.165) is 12.1 Å². The number of carboxylic acid groups (broad SMARTS) is 1. The van der Waals surface area contributed by atoms with Gasteiger partial charge in [0.25, 0.3) is 5.91 Å². The zero-order valence-corrected chi connectivity index (χ0v) is 12.7. The molecule has 1 aliphatic heterocycles. The highest BCUT2D eigenvalue weighted by molar-refractivity contribution is 5.85. The molecule has 1 saturated heterocycles. The molecule has 0 bridgehead atoms. The fraction of sp³-hybridized carbons (Fsp3) is 0.500. The van der Waals surface area contributed by atoms with Gasteiger partial charge in [-0.1, -0.05) is 30.3 Å². The summed E-state index contributed by atoms with van der Waals surface area (Å²) in [6, 6.07) is 9.80. The Hall–Kier alpha value is -1.92. The fourth-order valence-electron chi connectivity index (χ4n) is 2.81. The molecule has 22 heavy (non-hydrogen) atoms. The van der Waals surface area contributed by atoms with Gasteiger partial charge >= 0.3 is 5.97 Å². The predicted octanol–water partition coefficient (Wildman–Crippen LogP) is 0.207. The second-order valence-electron chi connectivity index (χ2n) is 5.75. The topological polar surface area (TPSA) is 81.1 Å². The highest BCUT2D eigenvalue weighted by Gasteiger charge is 2.33. The molecular formula is C16H22N2O4. The van der Waals surface area contributed by atoms with Crippen LogP contribution >= 0.6 is 0 Å². The minimum absolute atomic E-state index is 0.0582. The SMILES string of the molecule is CN1CCN(C(=O)[C@H](O)CC(=O)O)C(Cc2ccccc2)C1. The minimum Gasteiger partial charge on any atom is -0.481 e. The van der Waals surface area contributed by atoms with Gasteiger partial charge in [0.05, 0.1) is 6.42 Å². The molecule has 0 saturated carbocycles. The van der Waals surface area contributed by atoms with Gasteiger partial charge in [0, 0.05) is 25.7 Å². The Kier molecular flexibility index (Phi) is 5.51. The quantitative estimate of drug-likeness (QED) is 0.812. The number of nitrogens with zero attached hydrogens (tertiary/aromatic N) is 2. The molecule has 6 nitrogen and oxygen atoms in total. The van der Waals surface area contributed by atoms with Crippen LogP contribution in [0.2, 0.25) is 0 Å². The van der Waals surface area contributed by atoms with Gasteiger partial charge < -0.3 is 20.0 Å². The van der Waals surface area contributed by atoms with Gasteiger partial charge in [0.2, 0.25) is 0 Å². The number of aliphatic hydroxyl groups excluding tert-OH is 1. The van der Waals surface area contributed by atoms with Crippen molar-refractivity contribution in [1.29, 1.82) is 0 Å². The molecule has 6 heteroatoms. The number of rotatable bonds is 5. The molecule has 1 aromatic rings. The molecule has 2 rings (SSSR count). The Morgan fingerprint density at radius 3 is 2.59 bits per heavy atom. The number of carbonyl (C=O) groups excluding carboxylic acids is 1. The number of piperazine rings is 1. The summed E-state index contributed by atoms with van der Waals surface area (Å²) in [5.74, 6) is -1.66. The number of carbonyl (C=O) groups is 2. The zero-order chi connectivity index (χ0) is 16.1. The van der Waals surface area contributed by atoms with Crippen LogP contribution in [0.3, 0.4) is 0 Å². The smallest absolute Gasteiger partial charge is 0.306 e.